The van der Waals surface area contributed by atoms with Crippen molar-refractivity contribution in [1.82, 2.24) is 9.21 Å². The minimum absolute atomic E-state index is 0.129. The maximum Gasteiger partial charge on any atom is 0.227 e. The van der Waals surface area contributed by atoms with E-state index in [2.05, 4.69) is 6.07 Å². The second-order valence-corrected chi connectivity index (χ2v) is 9.25. The second-order valence-electron chi connectivity index (χ2n) is 6.24. The van der Waals surface area contributed by atoms with Crippen molar-refractivity contribution in [3.05, 3.63) is 22.4 Å². The van der Waals surface area contributed by atoms with Gasteiger partial charge in [0.05, 0.1) is 18.7 Å². The normalized spacial score (nSPS) is 23.4. The van der Waals surface area contributed by atoms with E-state index in [9.17, 15) is 13.2 Å². The molecule has 0 aromatic carbocycles. The van der Waals surface area contributed by atoms with Gasteiger partial charge in [0.25, 0.3) is 0 Å². The smallest absolute Gasteiger partial charge is 0.227 e. The van der Waals surface area contributed by atoms with Crippen molar-refractivity contribution >= 4 is 27.3 Å². The number of piperidine rings is 1. The lowest BCUT2D eigenvalue weighted by Gasteiger charge is -2.33. The van der Waals surface area contributed by atoms with E-state index in [1.165, 1.54) is 15.4 Å². The third-order valence-corrected chi connectivity index (χ3v) is 6.51. The Kier molecular flexibility index (Phi) is 4.56. The summed E-state index contributed by atoms with van der Waals surface area (Å²) in [5, 5.41) is 2.02. The molecule has 22 heavy (non-hydrogen) atoms. The first-order valence-electron chi connectivity index (χ1n) is 7.73. The quantitative estimate of drug-likeness (QED) is 0.821. The van der Waals surface area contributed by atoms with Crippen LogP contribution in [0, 0.1) is 5.92 Å². The summed E-state index contributed by atoms with van der Waals surface area (Å²) in [7, 11) is -3.21. The molecule has 1 aliphatic heterocycles. The molecule has 1 aromatic heterocycles. The lowest BCUT2D eigenvalue weighted by atomic mass is 9.98. The molecule has 1 aromatic rings. The number of nitrogens with zero attached hydrogens (tertiary/aromatic N) is 2. The Labute approximate surface area is 136 Å². The van der Waals surface area contributed by atoms with E-state index in [0.29, 0.717) is 25.7 Å². The number of thiophene rings is 1. The molecule has 2 fully saturated rings. The third-order valence-electron chi connectivity index (χ3n) is 4.38. The minimum Gasteiger partial charge on any atom is -0.334 e. The summed E-state index contributed by atoms with van der Waals surface area (Å²) in [6, 6.07) is 4.40. The van der Waals surface area contributed by atoms with Gasteiger partial charge in [0.15, 0.2) is 0 Å². The molecule has 2 aliphatic rings. The number of hydrogen-bond acceptors (Lipinski definition) is 4. The van der Waals surface area contributed by atoms with Crippen LogP contribution in [0.5, 0.6) is 0 Å². The van der Waals surface area contributed by atoms with Gasteiger partial charge in [-0.2, -0.15) is 0 Å². The zero-order valence-corrected chi connectivity index (χ0v) is 14.4. The lowest BCUT2D eigenvalue weighted by Crippen LogP contribution is -2.46. The summed E-state index contributed by atoms with van der Waals surface area (Å²) >= 11 is 1.67. The SMILES string of the molecule is CS(=O)(=O)N1CCCC(C(=O)N(Cc2cccs2)C2CC2)C1. The summed E-state index contributed by atoms with van der Waals surface area (Å²) in [5.41, 5.74) is 0. The standard InChI is InChI=1S/C15H22N2O3S2/c1-22(19,20)16-8-2-4-12(10-16)15(18)17(13-6-7-13)11-14-5-3-9-21-14/h3,5,9,12-13H,2,4,6-8,10-11H2,1H3. The molecule has 1 saturated carbocycles. The zero-order valence-electron chi connectivity index (χ0n) is 12.8. The maximum atomic E-state index is 12.9. The van der Waals surface area contributed by atoms with Gasteiger partial charge in [-0.3, -0.25) is 4.79 Å². The Balaban J connectivity index is 1.70. The van der Waals surface area contributed by atoms with Crippen LogP contribution < -0.4 is 0 Å². The number of carbonyl (C=O) groups excluding carboxylic acids is 1. The van der Waals surface area contributed by atoms with Crippen LogP contribution in [0.15, 0.2) is 17.5 Å². The van der Waals surface area contributed by atoms with E-state index in [4.69, 9.17) is 0 Å². The summed E-state index contributed by atoms with van der Waals surface area (Å²) in [6.07, 6.45) is 4.92. The average molecular weight is 342 g/mol. The Hall–Kier alpha value is -0.920. The van der Waals surface area contributed by atoms with Gasteiger partial charge in [0, 0.05) is 24.0 Å². The first-order chi connectivity index (χ1) is 10.4. The highest BCUT2D eigenvalue weighted by Crippen LogP contribution is 2.32. The fourth-order valence-corrected chi connectivity index (χ4v) is 4.64. The van der Waals surface area contributed by atoms with Crippen molar-refractivity contribution in [2.24, 2.45) is 5.92 Å². The number of hydrogen-bond donors (Lipinski definition) is 0. The Morgan fingerprint density at radius 2 is 2.18 bits per heavy atom. The van der Waals surface area contributed by atoms with E-state index >= 15 is 0 Å². The van der Waals surface area contributed by atoms with Crippen molar-refractivity contribution in [2.45, 2.75) is 38.3 Å². The molecule has 0 bridgehead atoms. The fraction of sp³-hybridized carbons (Fsp3) is 0.667. The van der Waals surface area contributed by atoms with Crippen molar-refractivity contribution in [3.63, 3.8) is 0 Å². The first-order valence-corrected chi connectivity index (χ1v) is 10.5. The van der Waals surface area contributed by atoms with Gasteiger partial charge < -0.3 is 4.90 Å². The maximum absolute atomic E-state index is 12.9. The summed E-state index contributed by atoms with van der Waals surface area (Å²) in [5.74, 6) is -0.0618. The molecule has 1 atom stereocenters. The fourth-order valence-electron chi connectivity index (χ4n) is 3.02. The lowest BCUT2D eigenvalue weighted by molar-refractivity contribution is -0.137. The van der Waals surface area contributed by atoms with Crippen molar-refractivity contribution in [1.29, 1.82) is 0 Å². The largest absolute Gasteiger partial charge is 0.334 e. The monoisotopic (exact) mass is 342 g/mol. The van der Waals surface area contributed by atoms with E-state index in [1.54, 1.807) is 11.3 Å². The van der Waals surface area contributed by atoms with Crippen LogP contribution in [0.1, 0.15) is 30.6 Å². The van der Waals surface area contributed by atoms with E-state index < -0.39 is 10.0 Å². The van der Waals surface area contributed by atoms with Gasteiger partial charge in [-0.05, 0) is 37.1 Å². The number of carbonyl (C=O) groups is 1. The highest BCUT2D eigenvalue weighted by molar-refractivity contribution is 7.88. The second kappa shape index (κ2) is 6.29. The van der Waals surface area contributed by atoms with Gasteiger partial charge >= 0.3 is 0 Å². The van der Waals surface area contributed by atoms with E-state index in [0.717, 1.165) is 25.7 Å². The van der Waals surface area contributed by atoms with E-state index in [-0.39, 0.29) is 11.8 Å². The summed E-state index contributed by atoms with van der Waals surface area (Å²) < 4.78 is 24.9. The third kappa shape index (κ3) is 3.70. The molecule has 0 spiro atoms. The summed E-state index contributed by atoms with van der Waals surface area (Å²) in [4.78, 5) is 16.1. The minimum atomic E-state index is -3.21. The van der Waals surface area contributed by atoms with Crippen LogP contribution in [0.2, 0.25) is 0 Å². The Morgan fingerprint density at radius 1 is 1.41 bits per heavy atom. The van der Waals surface area contributed by atoms with E-state index in [1.807, 2.05) is 16.3 Å². The van der Waals surface area contributed by atoms with Crippen LogP contribution in [0.4, 0.5) is 0 Å². The molecule has 2 heterocycles. The van der Waals surface area contributed by atoms with Gasteiger partial charge in [-0.1, -0.05) is 6.07 Å². The van der Waals surface area contributed by atoms with Crippen LogP contribution in [0.25, 0.3) is 0 Å². The molecule has 1 unspecified atom stereocenters. The molecular weight excluding hydrogens is 320 g/mol. The highest BCUT2D eigenvalue weighted by atomic mass is 32.2. The molecule has 0 N–H and O–H groups in total. The molecular formula is C15H22N2O3S2. The van der Waals surface area contributed by atoms with Crippen LogP contribution in [0.3, 0.4) is 0 Å². The van der Waals surface area contributed by atoms with Crippen molar-refractivity contribution < 1.29 is 13.2 Å². The first kappa shape index (κ1) is 16.0. The van der Waals surface area contributed by atoms with Gasteiger partial charge in [-0.25, -0.2) is 12.7 Å². The highest BCUT2D eigenvalue weighted by Gasteiger charge is 2.38. The topological polar surface area (TPSA) is 57.7 Å². The van der Waals surface area contributed by atoms with Crippen molar-refractivity contribution in [2.75, 3.05) is 19.3 Å². The zero-order chi connectivity index (χ0) is 15.7. The predicted molar refractivity (Wildman–Crippen MR) is 87.0 cm³/mol. The molecule has 3 rings (SSSR count). The molecule has 1 amide bonds. The molecule has 1 saturated heterocycles. The van der Waals surface area contributed by atoms with Crippen LogP contribution in [-0.4, -0.2) is 48.9 Å². The molecule has 1 aliphatic carbocycles. The number of rotatable bonds is 5. The van der Waals surface area contributed by atoms with Gasteiger partial charge in [0.1, 0.15) is 0 Å². The Bertz CT molecular complexity index is 623. The van der Waals surface area contributed by atoms with Gasteiger partial charge in [-0.15, -0.1) is 11.3 Å². The number of sulfonamides is 1. The van der Waals surface area contributed by atoms with Crippen LogP contribution >= 0.6 is 11.3 Å². The van der Waals surface area contributed by atoms with Crippen molar-refractivity contribution in [3.8, 4) is 0 Å². The Morgan fingerprint density at radius 3 is 2.77 bits per heavy atom. The molecule has 5 nitrogen and oxygen atoms in total. The molecule has 0 radical (unpaired) electrons. The molecule has 122 valence electrons. The average Bonchev–Trinajstić information content (AvgIpc) is 3.20. The number of amides is 1. The summed E-state index contributed by atoms with van der Waals surface area (Å²) in [6.45, 7) is 1.54. The predicted octanol–water partition coefficient (Wildman–Crippen LogP) is 1.91. The van der Waals surface area contributed by atoms with Crippen LogP contribution in [-0.2, 0) is 21.4 Å². The molecule has 7 heteroatoms. The van der Waals surface area contributed by atoms with Gasteiger partial charge in [0.2, 0.25) is 15.9 Å².